The van der Waals surface area contributed by atoms with Crippen molar-refractivity contribution in [3.8, 4) is 0 Å². The Labute approximate surface area is 225 Å². The normalized spacial score (nSPS) is 37.4. The monoisotopic (exact) mass is 530 g/mol. The fourth-order valence-electron chi connectivity index (χ4n) is 8.04. The number of unbranched alkanes of at least 4 members (excludes halogenated alkanes) is 2. The summed E-state index contributed by atoms with van der Waals surface area (Å²) in [5, 5.41) is 11.7. The molecule has 3 fully saturated rings. The standard InChI is InChI=1S/C30H42O8/c1-5-7-8-15-36-27(35)38-30(24(33)18-37-25(34)6-2)14-12-22-21-10-9-19-16-20(31)11-13-28(19,3)26(21)23(32)17-29(22,30)4/h11,13,16,21-23,26,32H,5-10,12,14-15,17-18H2,1-4H3/t21-,22-,23?,26+,28-,29-,30-/m0/s1. The van der Waals surface area contributed by atoms with E-state index in [1.54, 1.807) is 19.1 Å². The van der Waals surface area contributed by atoms with Crippen LogP contribution in [-0.2, 0) is 28.6 Å². The number of esters is 1. The fraction of sp³-hybridized carbons (Fsp3) is 0.733. The van der Waals surface area contributed by atoms with E-state index in [9.17, 15) is 24.3 Å². The van der Waals surface area contributed by atoms with E-state index in [4.69, 9.17) is 14.2 Å². The molecule has 1 N–H and O–H groups in total. The van der Waals surface area contributed by atoms with Gasteiger partial charge in [-0.05, 0) is 62.5 Å². The summed E-state index contributed by atoms with van der Waals surface area (Å²) in [4.78, 5) is 50.7. The Hall–Kier alpha value is -2.48. The van der Waals surface area contributed by atoms with Crippen LogP contribution in [0.5, 0.6) is 0 Å². The number of allylic oxidation sites excluding steroid dienone is 4. The number of aliphatic hydroxyl groups excluding tert-OH is 1. The molecular weight excluding hydrogens is 488 g/mol. The summed E-state index contributed by atoms with van der Waals surface area (Å²) < 4.78 is 16.5. The summed E-state index contributed by atoms with van der Waals surface area (Å²) in [6.45, 7) is 7.44. The van der Waals surface area contributed by atoms with Crippen LogP contribution < -0.4 is 0 Å². The highest BCUT2D eigenvalue weighted by Crippen LogP contribution is 2.68. The Morgan fingerprint density at radius 3 is 2.58 bits per heavy atom. The predicted molar refractivity (Wildman–Crippen MR) is 139 cm³/mol. The first-order chi connectivity index (χ1) is 18.0. The van der Waals surface area contributed by atoms with Crippen molar-refractivity contribution in [2.75, 3.05) is 13.2 Å². The van der Waals surface area contributed by atoms with Gasteiger partial charge in [0.1, 0.15) is 0 Å². The number of hydrogen-bond acceptors (Lipinski definition) is 8. The minimum absolute atomic E-state index is 0.000906. The van der Waals surface area contributed by atoms with Crippen LogP contribution >= 0.6 is 0 Å². The van der Waals surface area contributed by atoms with Crippen molar-refractivity contribution in [1.29, 1.82) is 0 Å². The third-order valence-electron chi connectivity index (χ3n) is 9.94. The van der Waals surface area contributed by atoms with Crippen molar-refractivity contribution < 1.29 is 38.5 Å². The number of ketones is 2. The van der Waals surface area contributed by atoms with Gasteiger partial charge in [-0.1, -0.05) is 52.2 Å². The SMILES string of the molecule is CCCCCOC(=O)O[C@]1(C(=O)COC(=O)CC)CC[C@H]2[C@@H]3CCC4=CC(=O)C=C[C@]4(C)[C@H]3C(O)C[C@@]21C. The van der Waals surface area contributed by atoms with Crippen molar-refractivity contribution in [3.63, 3.8) is 0 Å². The molecule has 0 aromatic carbocycles. The molecule has 0 spiro atoms. The molecule has 0 radical (unpaired) electrons. The molecule has 4 aliphatic rings. The van der Waals surface area contributed by atoms with Crippen LogP contribution in [0.4, 0.5) is 4.79 Å². The molecule has 4 rings (SSSR count). The lowest BCUT2D eigenvalue weighted by Gasteiger charge is -2.59. The average Bonchev–Trinajstić information content (AvgIpc) is 3.17. The lowest BCUT2D eigenvalue weighted by molar-refractivity contribution is -0.185. The van der Waals surface area contributed by atoms with Gasteiger partial charge in [0.25, 0.3) is 0 Å². The molecule has 0 aliphatic heterocycles. The molecule has 0 bridgehead atoms. The topological polar surface area (TPSA) is 116 Å². The molecular formula is C30H42O8. The molecule has 1 unspecified atom stereocenters. The largest absolute Gasteiger partial charge is 0.509 e. The van der Waals surface area contributed by atoms with Crippen LogP contribution in [0.2, 0.25) is 0 Å². The first kappa shape index (κ1) is 28.5. The minimum atomic E-state index is -1.56. The Balaban J connectivity index is 1.65. The Morgan fingerprint density at radius 1 is 1.11 bits per heavy atom. The minimum Gasteiger partial charge on any atom is -0.457 e. The summed E-state index contributed by atoms with van der Waals surface area (Å²) in [7, 11) is 0. The highest BCUT2D eigenvalue weighted by atomic mass is 16.7. The first-order valence-electron chi connectivity index (χ1n) is 14.2. The van der Waals surface area contributed by atoms with Crippen LogP contribution in [0, 0.1) is 28.6 Å². The summed E-state index contributed by atoms with van der Waals surface area (Å²) in [6.07, 6.45) is 8.97. The lowest BCUT2D eigenvalue weighted by atomic mass is 9.46. The number of Topliss-reactive ketones (excluding diaryl/α,β-unsaturated/α-hetero) is 1. The van der Waals surface area contributed by atoms with Gasteiger partial charge in [-0.15, -0.1) is 0 Å². The Kier molecular flexibility index (Phi) is 8.22. The van der Waals surface area contributed by atoms with Crippen LogP contribution in [0.1, 0.15) is 85.5 Å². The van der Waals surface area contributed by atoms with Gasteiger partial charge in [-0.2, -0.15) is 0 Å². The summed E-state index contributed by atoms with van der Waals surface area (Å²) >= 11 is 0. The number of aliphatic hydroxyl groups is 1. The Bertz CT molecular complexity index is 1030. The lowest BCUT2D eigenvalue weighted by Crippen LogP contribution is -2.63. The second kappa shape index (κ2) is 10.9. The molecule has 0 aromatic rings. The van der Waals surface area contributed by atoms with Crippen LogP contribution in [0.3, 0.4) is 0 Å². The zero-order valence-corrected chi connectivity index (χ0v) is 23.1. The third-order valence-corrected chi connectivity index (χ3v) is 9.94. The summed E-state index contributed by atoms with van der Waals surface area (Å²) in [5.74, 6) is -1.04. The first-order valence-corrected chi connectivity index (χ1v) is 14.2. The average molecular weight is 531 g/mol. The molecule has 0 saturated heterocycles. The zero-order chi connectivity index (χ0) is 27.7. The van der Waals surface area contributed by atoms with E-state index in [-0.39, 0.29) is 49.4 Å². The number of fused-ring (bicyclic) bond motifs is 5. The van der Waals surface area contributed by atoms with Crippen LogP contribution in [-0.4, -0.2) is 53.7 Å². The number of carbonyl (C=O) groups excluding carboxylic acids is 4. The molecule has 0 amide bonds. The van der Waals surface area contributed by atoms with Gasteiger partial charge >= 0.3 is 12.1 Å². The second-order valence-electron chi connectivity index (χ2n) is 11.9. The number of ether oxygens (including phenoxy) is 3. The fourth-order valence-corrected chi connectivity index (χ4v) is 8.04. The van der Waals surface area contributed by atoms with E-state index in [1.807, 2.05) is 13.0 Å². The quantitative estimate of drug-likeness (QED) is 0.332. The number of hydrogen-bond donors (Lipinski definition) is 1. The van der Waals surface area contributed by atoms with Gasteiger partial charge < -0.3 is 19.3 Å². The maximum atomic E-state index is 13.8. The summed E-state index contributed by atoms with van der Waals surface area (Å²) in [6, 6.07) is 0. The maximum absolute atomic E-state index is 13.8. The van der Waals surface area contributed by atoms with Crippen molar-refractivity contribution in [3.05, 3.63) is 23.8 Å². The highest BCUT2D eigenvalue weighted by molar-refractivity contribution is 6.01. The smallest absolute Gasteiger partial charge is 0.457 e. The maximum Gasteiger partial charge on any atom is 0.509 e. The van der Waals surface area contributed by atoms with E-state index < -0.39 is 47.0 Å². The molecule has 8 heteroatoms. The van der Waals surface area contributed by atoms with Crippen LogP contribution in [0.25, 0.3) is 0 Å². The van der Waals surface area contributed by atoms with E-state index in [1.165, 1.54) is 0 Å². The molecule has 7 atom stereocenters. The van der Waals surface area contributed by atoms with Crippen molar-refractivity contribution in [1.82, 2.24) is 0 Å². The van der Waals surface area contributed by atoms with E-state index in [2.05, 4.69) is 13.8 Å². The molecule has 4 aliphatic carbocycles. The van der Waals surface area contributed by atoms with Crippen LogP contribution in [0.15, 0.2) is 23.8 Å². The second-order valence-corrected chi connectivity index (χ2v) is 11.9. The van der Waals surface area contributed by atoms with E-state index in [0.29, 0.717) is 12.8 Å². The molecule has 210 valence electrons. The van der Waals surface area contributed by atoms with Crippen molar-refractivity contribution in [2.45, 2.75) is 97.2 Å². The molecule has 0 aromatic heterocycles. The Morgan fingerprint density at radius 2 is 1.87 bits per heavy atom. The van der Waals surface area contributed by atoms with Gasteiger partial charge in [0, 0.05) is 23.2 Å². The third kappa shape index (κ3) is 4.74. The van der Waals surface area contributed by atoms with Crippen molar-refractivity contribution >= 4 is 23.7 Å². The highest BCUT2D eigenvalue weighted by Gasteiger charge is 2.70. The molecule has 0 heterocycles. The molecule has 38 heavy (non-hydrogen) atoms. The van der Waals surface area contributed by atoms with Gasteiger partial charge in [0.2, 0.25) is 5.78 Å². The van der Waals surface area contributed by atoms with E-state index in [0.717, 1.165) is 31.3 Å². The van der Waals surface area contributed by atoms with Gasteiger partial charge in [-0.3, -0.25) is 14.4 Å². The summed E-state index contributed by atoms with van der Waals surface area (Å²) in [5.41, 5.74) is -1.82. The molecule has 8 nitrogen and oxygen atoms in total. The predicted octanol–water partition coefficient (Wildman–Crippen LogP) is 4.87. The number of carbonyl (C=O) groups is 4. The van der Waals surface area contributed by atoms with Crippen molar-refractivity contribution in [2.24, 2.45) is 28.6 Å². The van der Waals surface area contributed by atoms with Gasteiger partial charge in [-0.25, -0.2) is 4.79 Å². The number of rotatable bonds is 9. The zero-order valence-electron chi connectivity index (χ0n) is 23.1. The van der Waals surface area contributed by atoms with Gasteiger partial charge in [0.15, 0.2) is 18.0 Å². The van der Waals surface area contributed by atoms with E-state index >= 15 is 0 Å². The molecule has 3 saturated carbocycles. The van der Waals surface area contributed by atoms with Gasteiger partial charge in [0.05, 0.1) is 12.7 Å².